The van der Waals surface area contributed by atoms with Gasteiger partial charge >= 0.3 is 11.9 Å². The second-order valence-corrected chi connectivity index (χ2v) is 7.19. The van der Waals surface area contributed by atoms with Gasteiger partial charge in [0.15, 0.2) is 23.8 Å². The third-order valence-corrected chi connectivity index (χ3v) is 4.71. The van der Waals surface area contributed by atoms with Gasteiger partial charge in [-0.2, -0.15) is 17.9 Å². The summed E-state index contributed by atoms with van der Waals surface area (Å²) in [5.41, 5.74) is -0.383. The molecule has 33 heavy (non-hydrogen) atoms. The van der Waals surface area contributed by atoms with Crippen LogP contribution in [0.3, 0.4) is 0 Å². The molecular weight excluding hydrogens is 465 g/mol. The van der Waals surface area contributed by atoms with Gasteiger partial charge in [0, 0.05) is 29.5 Å². The molecule has 3 aromatic heterocycles. The maximum absolute atomic E-state index is 12.9. The molecule has 0 spiro atoms. The van der Waals surface area contributed by atoms with Gasteiger partial charge in [-0.05, 0) is 30.3 Å². The number of aldehydes is 1. The van der Waals surface area contributed by atoms with Gasteiger partial charge in [0.2, 0.25) is 0 Å². The van der Waals surface area contributed by atoms with Gasteiger partial charge in [0.1, 0.15) is 6.54 Å². The molecule has 0 N–H and O–H groups in total. The number of nitrogens with zero attached hydrogens (tertiary/aromatic N) is 8. The summed E-state index contributed by atoms with van der Waals surface area (Å²) in [6, 6.07) is 7.74. The average molecular weight is 479 g/mol. The highest BCUT2D eigenvalue weighted by molar-refractivity contribution is 6.30. The van der Waals surface area contributed by atoms with Crippen LogP contribution in [0.2, 0.25) is 5.02 Å². The number of benzene rings is 1. The molecule has 4 rings (SSSR count). The van der Waals surface area contributed by atoms with Gasteiger partial charge in [0.25, 0.3) is 5.95 Å². The highest BCUT2D eigenvalue weighted by Gasteiger charge is 2.28. The molecule has 0 fully saturated rings. The molecule has 0 radical (unpaired) electrons. The molecule has 3 heterocycles. The van der Waals surface area contributed by atoms with E-state index in [2.05, 4.69) is 25.1 Å². The monoisotopic (exact) mass is 478 g/mol. The maximum Gasteiger partial charge on any atom is 0.390 e. The zero-order valence-electron chi connectivity index (χ0n) is 16.6. The lowest BCUT2D eigenvalue weighted by atomic mass is 10.2. The van der Waals surface area contributed by atoms with Crippen LogP contribution in [0.4, 0.5) is 13.2 Å². The van der Waals surface area contributed by atoms with Gasteiger partial charge in [-0.3, -0.25) is 9.36 Å². The van der Waals surface area contributed by atoms with Gasteiger partial charge in [-0.25, -0.2) is 24.4 Å². The van der Waals surface area contributed by atoms with Crippen LogP contribution >= 0.6 is 11.6 Å². The smallest absolute Gasteiger partial charge is 0.294 e. The Balaban J connectivity index is 1.72. The van der Waals surface area contributed by atoms with Crippen LogP contribution in [0, 0.1) is 0 Å². The van der Waals surface area contributed by atoms with Crippen molar-refractivity contribution in [2.24, 2.45) is 0 Å². The molecule has 0 amide bonds. The van der Waals surface area contributed by atoms with E-state index in [1.54, 1.807) is 18.2 Å². The van der Waals surface area contributed by atoms with E-state index in [-0.39, 0.29) is 30.0 Å². The Labute approximate surface area is 188 Å². The molecule has 170 valence electrons. The number of carbonyl (C=O) groups is 1. The van der Waals surface area contributed by atoms with Crippen LogP contribution in [0.1, 0.15) is 22.9 Å². The lowest BCUT2D eigenvalue weighted by molar-refractivity contribution is -0.136. The maximum atomic E-state index is 12.9. The van der Waals surface area contributed by atoms with Crippen LogP contribution < -0.4 is 5.69 Å². The van der Waals surface area contributed by atoms with E-state index in [0.717, 1.165) is 13.9 Å². The summed E-state index contributed by atoms with van der Waals surface area (Å²) in [5, 5.41) is 8.75. The molecule has 0 aliphatic rings. The number of alkyl halides is 3. The van der Waals surface area contributed by atoms with Gasteiger partial charge in [0.05, 0.1) is 6.42 Å². The third kappa shape index (κ3) is 4.98. The molecule has 0 saturated heterocycles. The average Bonchev–Trinajstić information content (AvgIpc) is 3.34. The predicted octanol–water partition coefficient (Wildman–Crippen LogP) is 2.55. The summed E-state index contributed by atoms with van der Waals surface area (Å²) in [5.74, 6) is 0.0269. The Kier molecular flexibility index (Phi) is 6.05. The van der Waals surface area contributed by atoms with Crippen LogP contribution in [0.5, 0.6) is 0 Å². The second kappa shape index (κ2) is 8.94. The summed E-state index contributed by atoms with van der Waals surface area (Å²) in [6.45, 7) is -0.918. The normalized spacial score (nSPS) is 11.6. The molecule has 0 atom stereocenters. The van der Waals surface area contributed by atoms with Crippen molar-refractivity contribution in [3.63, 3.8) is 0 Å². The fourth-order valence-corrected chi connectivity index (χ4v) is 3.12. The minimum Gasteiger partial charge on any atom is -0.294 e. The van der Waals surface area contributed by atoms with Gasteiger partial charge in [-0.1, -0.05) is 11.6 Å². The molecule has 0 saturated carbocycles. The highest BCUT2D eigenvalue weighted by Crippen LogP contribution is 2.23. The first kappa shape index (κ1) is 22.3. The zero-order chi connectivity index (χ0) is 23.6. The van der Waals surface area contributed by atoms with Crippen molar-refractivity contribution in [2.45, 2.75) is 25.7 Å². The lowest BCUT2D eigenvalue weighted by Gasteiger charge is -2.08. The van der Waals surface area contributed by atoms with E-state index in [0.29, 0.717) is 16.9 Å². The molecule has 0 aliphatic carbocycles. The van der Waals surface area contributed by atoms with Crippen molar-refractivity contribution >= 4 is 17.9 Å². The van der Waals surface area contributed by atoms with Crippen LogP contribution in [-0.4, -0.2) is 51.5 Å². The Bertz CT molecular complexity index is 1330. The Morgan fingerprint density at radius 1 is 1.06 bits per heavy atom. The standard InChI is InChI=1S/C19H14ClF3N8O2/c20-13-4-2-12(3-5-13)16-28-30(18(33)29(16)9-6-19(21,22)23)10-14-26-15(11-32)31(27-14)17-24-7-1-8-25-17/h1-5,7-8,11H,6,9-10H2. The number of aromatic nitrogens is 8. The second-order valence-electron chi connectivity index (χ2n) is 6.75. The van der Waals surface area contributed by atoms with E-state index >= 15 is 0 Å². The first-order valence-corrected chi connectivity index (χ1v) is 9.82. The van der Waals surface area contributed by atoms with E-state index < -0.39 is 24.8 Å². The molecule has 14 heteroatoms. The van der Waals surface area contributed by atoms with E-state index in [1.165, 1.54) is 24.5 Å². The summed E-state index contributed by atoms with van der Waals surface area (Å²) in [6.07, 6.45) is -2.34. The van der Waals surface area contributed by atoms with Crippen molar-refractivity contribution < 1.29 is 18.0 Å². The minimum absolute atomic E-state index is 0.0229. The zero-order valence-corrected chi connectivity index (χ0v) is 17.4. The highest BCUT2D eigenvalue weighted by atomic mass is 35.5. The summed E-state index contributed by atoms with van der Waals surface area (Å²) < 4.78 is 41.4. The number of carbonyl (C=O) groups excluding carboxylic acids is 1. The number of hydrogen-bond acceptors (Lipinski definition) is 7. The van der Waals surface area contributed by atoms with Crippen molar-refractivity contribution in [3.8, 4) is 17.3 Å². The Morgan fingerprint density at radius 2 is 1.76 bits per heavy atom. The predicted molar refractivity (Wildman–Crippen MR) is 109 cm³/mol. The van der Waals surface area contributed by atoms with E-state index in [4.69, 9.17) is 11.6 Å². The molecule has 1 aromatic carbocycles. The summed E-state index contributed by atoms with van der Waals surface area (Å²) in [7, 11) is 0. The Morgan fingerprint density at radius 3 is 2.39 bits per heavy atom. The number of hydrogen-bond donors (Lipinski definition) is 0. The molecule has 0 bridgehead atoms. The van der Waals surface area contributed by atoms with Crippen molar-refractivity contribution in [1.82, 2.24) is 39.1 Å². The van der Waals surface area contributed by atoms with Crippen LogP contribution in [0.15, 0.2) is 47.5 Å². The number of rotatable bonds is 7. The van der Waals surface area contributed by atoms with Crippen LogP contribution in [-0.2, 0) is 13.1 Å². The molecule has 4 aromatic rings. The van der Waals surface area contributed by atoms with Crippen molar-refractivity contribution in [1.29, 1.82) is 0 Å². The summed E-state index contributed by atoms with van der Waals surface area (Å²) >= 11 is 5.88. The molecule has 0 aliphatic heterocycles. The van der Waals surface area contributed by atoms with Gasteiger partial charge < -0.3 is 0 Å². The molecule has 10 nitrogen and oxygen atoms in total. The first-order chi connectivity index (χ1) is 15.7. The first-order valence-electron chi connectivity index (χ1n) is 9.44. The van der Waals surface area contributed by atoms with Gasteiger partial charge in [-0.15, -0.1) is 10.2 Å². The minimum atomic E-state index is -4.46. The van der Waals surface area contributed by atoms with Crippen molar-refractivity contribution in [2.75, 3.05) is 0 Å². The quantitative estimate of drug-likeness (QED) is 0.375. The van der Waals surface area contributed by atoms with Crippen LogP contribution in [0.25, 0.3) is 17.3 Å². The fourth-order valence-electron chi connectivity index (χ4n) is 2.99. The third-order valence-electron chi connectivity index (χ3n) is 4.46. The topological polar surface area (TPSA) is 113 Å². The largest absolute Gasteiger partial charge is 0.390 e. The van der Waals surface area contributed by atoms with E-state index in [9.17, 15) is 22.8 Å². The molecule has 0 unspecified atom stereocenters. The SMILES string of the molecule is O=Cc1nc(Cn2nc(-c3ccc(Cl)cc3)n(CCC(F)(F)F)c2=O)nn1-c1ncccn1. The number of halogens is 4. The fraction of sp³-hybridized carbons (Fsp3) is 0.211. The molecular formula is C19H14ClF3N8O2. The Hall–Kier alpha value is -3.87. The van der Waals surface area contributed by atoms with E-state index in [1.807, 2.05) is 0 Å². The van der Waals surface area contributed by atoms with Crippen molar-refractivity contribution in [3.05, 3.63) is 69.9 Å². The summed E-state index contributed by atoms with van der Waals surface area (Å²) in [4.78, 5) is 36.3. The lowest BCUT2D eigenvalue weighted by Crippen LogP contribution is -2.27.